The zero-order chi connectivity index (χ0) is 18.1. The van der Waals surface area contributed by atoms with Gasteiger partial charge in [0.1, 0.15) is 0 Å². The van der Waals surface area contributed by atoms with Gasteiger partial charge in [0.15, 0.2) is 0 Å². The summed E-state index contributed by atoms with van der Waals surface area (Å²) in [7, 11) is 0. The van der Waals surface area contributed by atoms with Crippen molar-refractivity contribution < 1.29 is 0 Å². The van der Waals surface area contributed by atoms with Gasteiger partial charge in [0, 0.05) is 22.7 Å². The maximum absolute atomic E-state index is 5.16. The molecule has 0 saturated carbocycles. The van der Waals surface area contributed by atoms with E-state index in [4.69, 9.17) is 5.10 Å². The van der Waals surface area contributed by atoms with Crippen molar-refractivity contribution in [3.8, 4) is 11.3 Å². The fourth-order valence-electron chi connectivity index (χ4n) is 4.41. The molecule has 4 rings (SSSR count). The largest absolute Gasteiger partial charge is 0.264 e. The Kier molecular flexibility index (Phi) is 4.67. The maximum Gasteiger partial charge on any atom is 0.0960 e. The molecule has 0 fully saturated rings. The van der Waals surface area contributed by atoms with Gasteiger partial charge in [-0.05, 0) is 30.2 Å². The van der Waals surface area contributed by atoms with Crippen LogP contribution < -0.4 is 0 Å². The van der Waals surface area contributed by atoms with Crippen molar-refractivity contribution >= 4 is 0 Å². The van der Waals surface area contributed by atoms with Crippen LogP contribution in [0.25, 0.3) is 11.3 Å². The minimum Gasteiger partial charge on any atom is -0.264 e. The maximum atomic E-state index is 5.16. The van der Waals surface area contributed by atoms with Crippen LogP contribution in [-0.4, -0.2) is 9.78 Å². The summed E-state index contributed by atoms with van der Waals surface area (Å²) in [5.41, 5.74) is 6.71. The normalized spacial score (nSPS) is 19.5. The molecule has 0 radical (unpaired) electrons. The first-order chi connectivity index (χ1) is 12.6. The number of benzene rings is 2. The zero-order valence-corrected chi connectivity index (χ0v) is 16.0. The summed E-state index contributed by atoms with van der Waals surface area (Å²) in [6.07, 6.45) is 2.52. The van der Waals surface area contributed by atoms with E-state index >= 15 is 0 Å². The highest BCUT2D eigenvalue weighted by Gasteiger charge is 2.34. The van der Waals surface area contributed by atoms with Crippen molar-refractivity contribution in [2.24, 2.45) is 5.92 Å². The molecule has 0 saturated heterocycles. The molecule has 2 nitrogen and oxygen atoms in total. The molecule has 1 aromatic heterocycles. The molecule has 1 aliphatic carbocycles. The molecule has 0 amide bonds. The predicted octanol–water partition coefficient (Wildman–Crippen LogP) is 6.24. The van der Waals surface area contributed by atoms with E-state index in [1.807, 2.05) is 0 Å². The van der Waals surface area contributed by atoms with E-state index in [0.29, 0.717) is 17.8 Å². The standard InChI is InChI=1S/C24H28N2/c1-17(2)21-15-14-18(3)22-23(20-12-8-5-9-13-20)25-26(24(21)22)16-19-10-6-4-7-11-19/h4-13,17-18,21H,14-16H2,1-3H3/t18-,21+/m1/s1. The highest BCUT2D eigenvalue weighted by atomic mass is 15.3. The first-order valence-corrected chi connectivity index (χ1v) is 9.85. The third-order valence-corrected chi connectivity index (χ3v) is 5.81. The van der Waals surface area contributed by atoms with Gasteiger partial charge in [0.25, 0.3) is 0 Å². The molecule has 2 atom stereocenters. The van der Waals surface area contributed by atoms with Crippen LogP contribution in [0, 0.1) is 5.92 Å². The fraction of sp³-hybridized carbons (Fsp3) is 0.375. The SMILES string of the molecule is CC(C)[C@@H]1CC[C@@H](C)c2c(-c3ccccc3)nn(Cc3ccccc3)c21. The molecule has 26 heavy (non-hydrogen) atoms. The minimum atomic E-state index is 0.569. The molecule has 2 aromatic carbocycles. The van der Waals surface area contributed by atoms with Gasteiger partial charge in [-0.15, -0.1) is 0 Å². The lowest BCUT2D eigenvalue weighted by molar-refractivity contribution is 0.385. The average molecular weight is 345 g/mol. The smallest absolute Gasteiger partial charge is 0.0960 e. The summed E-state index contributed by atoms with van der Waals surface area (Å²) in [6.45, 7) is 7.93. The highest BCUT2D eigenvalue weighted by Crippen LogP contribution is 2.46. The van der Waals surface area contributed by atoms with E-state index in [1.54, 1.807) is 0 Å². The van der Waals surface area contributed by atoms with Gasteiger partial charge in [0.05, 0.1) is 12.2 Å². The first kappa shape index (κ1) is 17.1. The molecular formula is C24H28N2. The van der Waals surface area contributed by atoms with Crippen LogP contribution in [-0.2, 0) is 6.54 Å². The van der Waals surface area contributed by atoms with Gasteiger partial charge < -0.3 is 0 Å². The summed E-state index contributed by atoms with van der Waals surface area (Å²) in [6, 6.07) is 21.4. The van der Waals surface area contributed by atoms with Crippen molar-refractivity contribution in [3.63, 3.8) is 0 Å². The van der Waals surface area contributed by atoms with Crippen LogP contribution in [0.3, 0.4) is 0 Å². The number of nitrogens with zero attached hydrogens (tertiary/aromatic N) is 2. The quantitative estimate of drug-likeness (QED) is 0.548. The third kappa shape index (κ3) is 3.09. The van der Waals surface area contributed by atoms with Crippen LogP contribution in [0.5, 0.6) is 0 Å². The second kappa shape index (κ2) is 7.11. The Labute approximate surface area is 156 Å². The van der Waals surface area contributed by atoms with Crippen LogP contribution in [0.4, 0.5) is 0 Å². The summed E-state index contributed by atoms with van der Waals surface area (Å²) < 4.78 is 2.30. The monoisotopic (exact) mass is 344 g/mol. The van der Waals surface area contributed by atoms with Crippen LogP contribution in [0.1, 0.15) is 62.3 Å². The van der Waals surface area contributed by atoms with E-state index in [1.165, 1.54) is 40.9 Å². The van der Waals surface area contributed by atoms with Crippen molar-refractivity contribution in [2.45, 2.75) is 52.0 Å². The number of hydrogen-bond acceptors (Lipinski definition) is 1. The number of rotatable bonds is 4. The Hall–Kier alpha value is -2.35. The summed E-state index contributed by atoms with van der Waals surface area (Å²) >= 11 is 0. The third-order valence-electron chi connectivity index (χ3n) is 5.81. The summed E-state index contributed by atoms with van der Waals surface area (Å²) in [5, 5.41) is 5.16. The van der Waals surface area contributed by atoms with E-state index in [-0.39, 0.29) is 0 Å². The molecule has 1 aliphatic rings. The summed E-state index contributed by atoms with van der Waals surface area (Å²) in [4.78, 5) is 0. The Bertz CT molecular complexity index is 862. The lowest BCUT2D eigenvalue weighted by Gasteiger charge is -2.31. The molecule has 0 spiro atoms. The van der Waals surface area contributed by atoms with Crippen molar-refractivity contribution in [1.29, 1.82) is 0 Å². The highest BCUT2D eigenvalue weighted by molar-refractivity contribution is 5.66. The fourth-order valence-corrected chi connectivity index (χ4v) is 4.41. The summed E-state index contributed by atoms with van der Waals surface area (Å²) in [5.74, 6) is 1.80. The van der Waals surface area contributed by atoms with E-state index < -0.39 is 0 Å². The first-order valence-electron chi connectivity index (χ1n) is 9.85. The molecule has 0 bridgehead atoms. The Morgan fingerprint density at radius 1 is 0.962 bits per heavy atom. The lowest BCUT2D eigenvalue weighted by atomic mass is 9.75. The molecular weight excluding hydrogens is 316 g/mol. The number of fused-ring (bicyclic) bond motifs is 1. The topological polar surface area (TPSA) is 17.8 Å². The minimum absolute atomic E-state index is 0.569. The predicted molar refractivity (Wildman–Crippen MR) is 108 cm³/mol. The van der Waals surface area contributed by atoms with Crippen LogP contribution >= 0.6 is 0 Å². The second-order valence-electron chi connectivity index (χ2n) is 7.99. The number of hydrogen-bond donors (Lipinski definition) is 0. The number of aromatic nitrogens is 2. The van der Waals surface area contributed by atoms with Crippen molar-refractivity contribution in [2.75, 3.05) is 0 Å². The zero-order valence-electron chi connectivity index (χ0n) is 16.0. The Morgan fingerprint density at radius 3 is 2.27 bits per heavy atom. The Morgan fingerprint density at radius 2 is 1.62 bits per heavy atom. The molecule has 134 valence electrons. The molecule has 0 unspecified atom stereocenters. The van der Waals surface area contributed by atoms with Crippen LogP contribution in [0.15, 0.2) is 60.7 Å². The molecule has 0 N–H and O–H groups in total. The van der Waals surface area contributed by atoms with E-state index in [2.05, 4.69) is 86.1 Å². The van der Waals surface area contributed by atoms with Gasteiger partial charge in [-0.2, -0.15) is 5.10 Å². The van der Waals surface area contributed by atoms with Gasteiger partial charge in [-0.1, -0.05) is 81.4 Å². The molecule has 0 aliphatic heterocycles. The second-order valence-corrected chi connectivity index (χ2v) is 7.99. The van der Waals surface area contributed by atoms with E-state index in [9.17, 15) is 0 Å². The van der Waals surface area contributed by atoms with Crippen LogP contribution in [0.2, 0.25) is 0 Å². The van der Waals surface area contributed by atoms with Gasteiger partial charge >= 0.3 is 0 Å². The molecule has 2 heteroatoms. The van der Waals surface area contributed by atoms with Crippen molar-refractivity contribution in [3.05, 3.63) is 77.5 Å². The van der Waals surface area contributed by atoms with Gasteiger partial charge in [-0.25, -0.2) is 0 Å². The Balaban J connectivity index is 1.88. The lowest BCUT2D eigenvalue weighted by Crippen LogP contribution is -2.20. The molecule has 1 heterocycles. The molecule has 3 aromatic rings. The average Bonchev–Trinajstić information content (AvgIpc) is 3.03. The van der Waals surface area contributed by atoms with Crippen molar-refractivity contribution in [1.82, 2.24) is 9.78 Å². The van der Waals surface area contributed by atoms with Gasteiger partial charge in [-0.3, -0.25) is 4.68 Å². The van der Waals surface area contributed by atoms with E-state index in [0.717, 1.165) is 6.54 Å². The van der Waals surface area contributed by atoms with Gasteiger partial charge in [0.2, 0.25) is 0 Å².